The molecule has 2 saturated carbocycles. The van der Waals surface area contributed by atoms with Crippen molar-refractivity contribution in [3.8, 4) is 0 Å². The van der Waals surface area contributed by atoms with Gasteiger partial charge in [-0.25, -0.2) is 0 Å². The fourth-order valence-corrected chi connectivity index (χ4v) is 4.90. The van der Waals surface area contributed by atoms with Crippen LogP contribution in [0.15, 0.2) is 0 Å². The Morgan fingerprint density at radius 3 is 2.16 bits per heavy atom. The summed E-state index contributed by atoms with van der Waals surface area (Å²) in [5, 5.41) is 3.80. The molecule has 2 nitrogen and oxygen atoms in total. The molecule has 2 fully saturated rings. The van der Waals surface area contributed by atoms with E-state index in [9.17, 15) is 0 Å². The van der Waals surface area contributed by atoms with E-state index >= 15 is 0 Å². The third-order valence-electron chi connectivity index (χ3n) is 5.53. The van der Waals surface area contributed by atoms with E-state index in [0.29, 0.717) is 6.04 Å². The fraction of sp³-hybridized carbons (Fsp3) is 1.00. The van der Waals surface area contributed by atoms with Crippen molar-refractivity contribution in [1.82, 2.24) is 5.32 Å². The van der Waals surface area contributed by atoms with Crippen LogP contribution in [0.3, 0.4) is 0 Å². The zero-order valence-corrected chi connectivity index (χ0v) is 13.4. The molecule has 1 N–H and O–H groups in total. The second-order valence-corrected chi connectivity index (χ2v) is 7.19. The first kappa shape index (κ1) is 15.3. The number of rotatable bonds is 5. The monoisotopic (exact) mass is 267 g/mol. The van der Waals surface area contributed by atoms with Crippen molar-refractivity contribution >= 4 is 0 Å². The largest absolute Gasteiger partial charge is 0.377 e. The van der Waals surface area contributed by atoms with Crippen LogP contribution in [0.4, 0.5) is 0 Å². The Bertz CT molecular complexity index is 262. The van der Waals surface area contributed by atoms with Gasteiger partial charge in [0.25, 0.3) is 0 Å². The van der Waals surface area contributed by atoms with Crippen LogP contribution in [-0.4, -0.2) is 25.3 Å². The molecule has 2 aliphatic rings. The second-order valence-electron chi connectivity index (χ2n) is 7.19. The lowest BCUT2D eigenvalue weighted by molar-refractivity contribution is -0.0610. The minimum atomic E-state index is 0.122. The van der Waals surface area contributed by atoms with Crippen LogP contribution < -0.4 is 5.32 Å². The molecular formula is C17H33NO. The summed E-state index contributed by atoms with van der Waals surface area (Å²) >= 11 is 0. The molecule has 112 valence electrons. The number of methoxy groups -OCH3 is 1. The third-order valence-corrected chi connectivity index (χ3v) is 5.53. The van der Waals surface area contributed by atoms with E-state index in [-0.39, 0.29) is 5.60 Å². The van der Waals surface area contributed by atoms with E-state index in [1.165, 1.54) is 44.9 Å². The molecule has 19 heavy (non-hydrogen) atoms. The van der Waals surface area contributed by atoms with Gasteiger partial charge in [0.15, 0.2) is 0 Å². The quantitative estimate of drug-likeness (QED) is 0.813. The van der Waals surface area contributed by atoms with Crippen molar-refractivity contribution < 1.29 is 4.74 Å². The lowest BCUT2D eigenvalue weighted by Gasteiger charge is -2.45. The highest BCUT2D eigenvalue weighted by Gasteiger charge is 2.46. The molecule has 2 rings (SSSR count). The summed E-state index contributed by atoms with van der Waals surface area (Å²) in [5.74, 6) is 2.56. The van der Waals surface area contributed by atoms with Gasteiger partial charge in [-0.2, -0.15) is 0 Å². The first-order valence-corrected chi connectivity index (χ1v) is 8.40. The van der Waals surface area contributed by atoms with Gasteiger partial charge in [0.2, 0.25) is 0 Å². The summed E-state index contributed by atoms with van der Waals surface area (Å²) in [4.78, 5) is 0. The first-order valence-electron chi connectivity index (χ1n) is 8.40. The summed E-state index contributed by atoms with van der Waals surface area (Å²) < 4.78 is 6.07. The van der Waals surface area contributed by atoms with Crippen LogP contribution in [-0.2, 0) is 4.74 Å². The summed E-state index contributed by atoms with van der Waals surface area (Å²) in [6, 6.07) is 0.565. The summed E-state index contributed by atoms with van der Waals surface area (Å²) in [6.45, 7) is 8.16. The molecule has 0 spiro atoms. The van der Waals surface area contributed by atoms with E-state index in [2.05, 4.69) is 26.1 Å². The zero-order chi connectivity index (χ0) is 13.9. The van der Waals surface area contributed by atoms with Gasteiger partial charge in [-0.3, -0.25) is 0 Å². The fourth-order valence-electron chi connectivity index (χ4n) is 4.90. The van der Waals surface area contributed by atoms with Crippen molar-refractivity contribution in [2.45, 2.75) is 77.4 Å². The lowest BCUT2D eigenvalue weighted by atomic mass is 9.69. The van der Waals surface area contributed by atoms with Crippen molar-refractivity contribution in [3.05, 3.63) is 0 Å². The Hall–Kier alpha value is -0.0800. The maximum absolute atomic E-state index is 6.07. The van der Waals surface area contributed by atoms with Gasteiger partial charge in [-0.05, 0) is 56.4 Å². The Balaban J connectivity index is 2.14. The zero-order valence-electron chi connectivity index (χ0n) is 13.4. The number of ether oxygens (including phenoxy) is 1. The van der Waals surface area contributed by atoms with Gasteiger partial charge in [0.1, 0.15) is 0 Å². The molecule has 0 aromatic heterocycles. The number of hydrogen-bond donors (Lipinski definition) is 1. The highest BCUT2D eigenvalue weighted by Crippen LogP contribution is 2.43. The molecule has 2 heteroatoms. The summed E-state index contributed by atoms with van der Waals surface area (Å²) in [6.07, 6.45) is 9.36. The van der Waals surface area contributed by atoms with E-state index in [1.807, 2.05) is 7.11 Å². The molecule has 0 bridgehead atoms. The average molecular weight is 267 g/mol. The van der Waals surface area contributed by atoms with Crippen molar-refractivity contribution in [1.29, 1.82) is 0 Å². The standard InChI is InChI=1S/C17H33NO/c1-5-18-16(17(19-4)8-6-7-9-17)15-11-13(2)10-14(3)12-15/h13-16,18H,5-12H2,1-4H3. The van der Waals surface area contributed by atoms with Crippen LogP contribution in [0.1, 0.15) is 65.7 Å². The van der Waals surface area contributed by atoms with Crippen LogP contribution in [0.2, 0.25) is 0 Å². The van der Waals surface area contributed by atoms with Gasteiger partial charge in [0, 0.05) is 13.2 Å². The van der Waals surface area contributed by atoms with Gasteiger partial charge in [-0.1, -0.05) is 33.6 Å². The number of hydrogen-bond acceptors (Lipinski definition) is 2. The van der Waals surface area contributed by atoms with Gasteiger partial charge >= 0.3 is 0 Å². The van der Waals surface area contributed by atoms with Gasteiger partial charge < -0.3 is 10.1 Å². The third kappa shape index (κ3) is 3.33. The Kier molecular flexibility index (Phi) is 5.30. The van der Waals surface area contributed by atoms with Crippen LogP contribution in [0.25, 0.3) is 0 Å². The highest BCUT2D eigenvalue weighted by molar-refractivity contribution is 5.01. The summed E-state index contributed by atoms with van der Waals surface area (Å²) in [5.41, 5.74) is 0.122. The molecule has 0 aromatic carbocycles. The van der Waals surface area contributed by atoms with Crippen LogP contribution in [0.5, 0.6) is 0 Å². The van der Waals surface area contributed by atoms with Gasteiger partial charge in [-0.15, -0.1) is 0 Å². The molecule has 3 atom stereocenters. The lowest BCUT2D eigenvalue weighted by Crippen LogP contribution is -2.55. The topological polar surface area (TPSA) is 21.3 Å². The summed E-state index contributed by atoms with van der Waals surface area (Å²) in [7, 11) is 1.94. The first-order chi connectivity index (χ1) is 9.11. The SMILES string of the molecule is CCNC(C1CC(C)CC(C)C1)C1(OC)CCCC1. The molecule has 0 aliphatic heterocycles. The Labute approximate surface area is 119 Å². The van der Waals surface area contributed by atoms with Crippen molar-refractivity contribution in [2.75, 3.05) is 13.7 Å². The van der Waals surface area contributed by atoms with Crippen LogP contribution >= 0.6 is 0 Å². The second kappa shape index (κ2) is 6.58. The molecule has 3 unspecified atom stereocenters. The predicted molar refractivity (Wildman–Crippen MR) is 81.3 cm³/mol. The average Bonchev–Trinajstić information content (AvgIpc) is 2.84. The molecule has 0 radical (unpaired) electrons. The minimum Gasteiger partial charge on any atom is -0.377 e. The predicted octanol–water partition coefficient (Wildman–Crippen LogP) is 4.00. The maximum atomic E-state index is 6.07. The highest BCUT2D eigenvalue weighted by atomic mass is 16.5. The Morgan fingerprint density at radius 1 is 1.11 bits per heavy atom. The Morgan fingerprint density at radius 2 is 1.68 bits per heavy atom. The van der Waals surface area contributed by atoms with E-state index in [1.54, 1.807) is 0 Å². The molecule has 0 aromatic rings. The van der Waals surface area contributed by atoms with E-state index < -0.39 is 0 Å². The maximum Gasteiger partial charge on any atom is 0.0833 e. The number of likely N-dealkylation sites (N-methyl/N-ethyl adjacent to an activating group) is 1. The minimum absolute atomic E-state index is 0.122. The van der Waals surface area contributed by atoms with Crippen LogP contribution in [0, 0.1) is 17.8 Å². The smallest absolute Gasteiger partial charge is 0.0833 e. The molecule has 0 saturated heterocycles. The van der Waals surface area contributed by atoms with E-state index in [4.69, 9.17) is 4.74 Å². The molecular weight excluding hydrogens is 234 g/mol. The normalized spacial score (nSPS) is 36.3. The molecule has 2 aliphatic carbocycles. The van der Waals surface area contributed by atoms with Crippen molar-refractivity contribution in [2.24, 2.45) is 17.8 Å². The molecule has 0 amide bonds. The van der Waals surface area contributed by atoms with E-state index in [0.717, 1.165) is 24.3 Å². The van der Waals surface area contributed by atoms with Gasteiger partial charge in [0.05, 0.1) is 5.60 Å². The number of nitrogens with one attached hydrogen (secondary N) is 1. The van der Waals surface area contributed by atoms with Crippen molar-refractivity contribution in [3.63, 3.8) is 0 Å². The molecule has 0 heterocycles.